The first-order chi connectivity index (χ1) is 15.1. The normalized spacial score (nSPS) is 10.4. The number of hydrogen-bond donors (Lipinski definition) is 1. The van der Waals surface area contributed by atoms with E-state index in [1.165, 1.54) is 19.4 Å². The molecule has 0 saturated heterocycles. The number of ether oxygens (including phenoxy) is 1. The molecule has 0 fully saturated rings. The van der Waals surface area contributed by atoms with E-state index >= 15 is 0 Å². The van der Waals surface area contributed by atoms with Gasteiger partial charge in [0.1, 0.15) is 5.82 Å². The zero-order valence-corrected chi connectivity index (χ0v) is 16.6. The van der Waals surface area contributed by atoms with E-state index in [4.69, 9.17) is 4.74 Å². The molecular weight excluding hydrogens is 392 g/mol. The largest absolute Gasteiger partial charge is 0.465 e. The molecule has 3 heterocycles. The molecule has 1 N–H and O–H groups in total. The number of carbonyl (C=O) groups is 2. The molecule has 0 aliphatic rings. The number of hydrogen-bond acceptors (Lipinski definition) is 6. The summed E-state index contributed by atoms with van der Waals surface area (Å²) in [7, 11) is 1.30. The van der Waals surface area contributed by atoms with Gasteiger partial charge < -0.3 is 10.1 Å². The second kappa shape index (κ2) is 8.96. The predicted molar refractivity (Wildman–Crippen MR) is 116 cm³/mol. The van der Waals surface area contributed by atoms with Crippen LogP contribution >= 0.6 is 0 Å². The number of carbonyl (C=O) groups excluding carboxylic acids is 2. The van der Waals surface area contributed by atoms with Gasteiger partial charge in [0.25, 0.3) is 5.91 Å². The summed E-state index contributed by atoms with van der Waals surface area (Å²) >= 11 is 0. The van der Waals surface area contributed by atoms with Crippen LogP contribution in [0.25, 0.3) is 22.4 Å². The number of anilines is 1. The van der Waals surface area contributed by atoms with Crippen LogP contribution in [0.5, 0.6) is 0 Å². The minimum atomic E-state index is -0.521. The topological polar surface area (TPSA) is 94.1 Å². The Labute approximate surface area is 178 Å². The molecule has 1 aromatic carbocycles. The van der Waals surface area contributed by atoms with Gasteiger partial charge >= 0.3 is 5.97 Å². The Morgan fingerprint density at radius 1 is 0.806 bits per heavy atom. The summed E-state index contributed by atoms with van der Waals surface area (Å²) < 4.78 is 4.85. The van der Waals surface area contributed by atoms with E-state index in [1.807, 2.05) is 36.4 Å². The standard InChI is InChI=1S/C24H18N4O3/c1-31-24(30)20-12-21(17-8-6-16(7-9-17)18-4-2-10-25-14-18)27-22(13-20)28-23(29)19-5-3-11-26-15-19/h2-15H,1H3,(H,27,28,29). The van der Waals surface area contributed by atoms with Crippen molar-refractivity contribution in [3.63, 3.8) is 0 Å². The molecule has 3 aromatic heterocycles. The Balaban J connectivity index is 1.67. The summed E-state index contributed by atoms with van der Waals surface area (Å²) in [5.74, 6) is -0.656. The van der Waals surface area contributed by atoms with Gasteiger partial charge in [-0.15, -0.1) is 0 Å². The maximum Gasteiger partial charge on any atom is 0.338 e. The highest BCUT2D eigenvalue weighted by Gasteiger charge is 2.14. The van der Waals surface area contributed by atoms with Gasteiger partial charge in [0.15, 0.2) is 0 Å². The minimum Gasteiger partial charge on any atom is -0.465 e. The highest BCUT2D eigenvalue weighted by atomic mass is 16.5. The zero-order chi connectivity index (χ0) is 21.6. The number of rotatable bonds is 5. The lowest BCUT2D eigenvalue weighted by atomic mass is 10.0. The molecule has 7 heteroatoms. The van der Waals surface area contributed by atoms with Crippen LogP contribution in [-0.2, 0) is 4.74 Å². The lowest BCUT2D eigenvalue weighted by molar-refractivity contribution is 0.0600. The number of methoxy groups -OCH3 is 1. The SMILES string of the molecule is COC(=O)c1cc(NC(=O)c2cccnc2)nc(-c2ccc(-c3cccnc3)cc2)c1. The second-order valence-electron chi connectivity index (χ2n) is 6.63. The van der Waals surface area contributed by atoms with Crippen molar-refractivity contribution in [3.05, 3.63) is 96.6 Å². The summed E-state index contributed by atoms with van der Waals surface area (Å²) in [4.78, 5) is 37.3. The summed E-state index contributed by atoms with van der Waals surface area (Å²) in [6, 6.07) is 18.0. The highest BCUT2D eigenvalue weighted by Crippen LogP contribution is 2.26. The van der Waals surface area contributed by atoms with Crippen molar-refractivity contribution in [2.24, 2.45) is 0 Å². The molecule has 0 saturated carbocycles. The van der Waals surface area contributed by atoms with E-state index in [-0.39, 0.29) is 17.3 Å². The van der Waals surface area contributed by atoms with Crippen LogP contribution in [0.3, 0.4) is 0 Å². The third-order valence-corrected chi connectivity index (χ3v) is 4.59. The van der Waals surface area contributed by atoms with Crippen LogP contribution in [0.1, 0.15) is 20.7 Å². The first-order valence-corrected chi connectivity index (χ1v) is 9.46. The second-order valence-corrected chi connectivity index (χ2v) is 6.63. The molecule has 0 bridgehead atoms. The molecule has 0 unspecified atom stereocenters. The third-order valence-electron chi connectivity index (χ3n) is 4.59. The van der Waals surface area contributed by atoms with Crippen molar-refractivity contribution in [2.75, 3.05) is 12.4 Å². The molecule has 0 radical (unpaired) electrons. The Hall–Kier alpha value is -4.39. The molecule has 7 nitrogen and oxygen atoms in total. The molecule has 4 rings (SSSR count). The fourth-order valence-electron chi connectivity index (χ4n) is 3.03. The maximum absolute atomic E-state index is 12.5. The van der Waals surface area contributed by atoms with Crippen LogP contribution in [0.15, 0.2) is 85.5 Å². The zero-order valence-electron chi connectivity index (χ0n) is 16.6. The number of amides is 1. The predicted octanol–water partition coefficient (Wildman–Crippen LogP) is 4.24. The first-order valence-electron chi connectivity index (χ1n) is 9.46. The van der Waals surface area contributed by atoms with Crippen molar-refractivity contribution in [2.45, 2.75) is 0 Å². The number of nitrogens with one attached hydrogen (secondary N) is 1. The quantitative estimate of drug-likeness (QED) is 0.495. The molecule has 31 heavy (non-hydrogen) atoms. The van der Waals surface area contributed by atoms with Gasteiger partial charge in [0.05, 0.1) is 23.9 Å². The van der Waals surface area contributed by atoms with E-state index in [0.29, 0.717) is 11.3 Å². The van der Waals surface area contributed by atoms with Crippen LogP contribution in [-0.4, -0.2) is 33.9 Å². The molecule has 0 aliphatic heterocycles. The smallest absolute Gasteiger partial charge is 0.338 e. The van der Waals surface area contributed by atoms with Gasteiger partial charge in [0, 0.05) is 30.4 Å². The van der Waals surface area contributed by atoms with E-state index in [2.05, 4.69) is 20.3 Å². The Kier molecular flexibility index (Phi) is 5.75. The van der Waals surface area contributed by atoms with Gasteiger partial charge in [-0.05, 0) is 41.5 Å². The Morgan fingerprint density at radius 3 is 2.16 bits per heavy atom. The van der Waals surface area contributed by atoms with Gasteiger partial charge in [-0.1, -0.05) is 30.3 Å². The van der Waals surface area contributed by atoms with E-state index in [0.717, 1.165) is 16.7 Å². The molecule has 4 aromatic rings. The fourth-order valence-corrected chi connectivity index (χ4v) is 3.03. The van der Waals surface area contributed by atoms with Crippen molar-refractivity contribution >= 4 is 17.7 Å². The van der Waals surface area contributed by atoms with Gasteiger partial charge in [-0.2, -0.15) is 0 Å². The first kappa shape index (κ1) is 19.9. The third kappa shape index (κ3) is 4.62. The Bertz CT molecular complexity index is 1210. The molecule has 0 spiro atoms. The van der Waals surface area contributed by atoms with Gasteiger partial charge in [-0.25, -0.2) is 9.78 Å². The molecule has 1 amide bonds. The summed E-state index contributed by atoms with van der Waals surface area (Å²) in [5.41, 5.74) is 3.98. The van der Waals surface area contributed by atoms with E-state index < -0.39 is 5.97 Å². The summed E-state index contributed by atoms with van der Waals surface area (Å²) in [5, 5.41) is 2.72. The number of pyridine rings is 3. The monoisotopic (exact) mass is 410 g/mol. The van der Waals surface area contributed by atoms with Crippen molar-refractivity contribution in [1.82, 2.24) is 15.0 Å². The number of nitrogens with zero attached hydrogens (tertiary/aromatic N) is 3. The molecule has 0 atom stereocenters. The van der Waals surface area contributed by atoms with Crippen molar-refractivity contribution < 1.29 is 14.3 Å². The molecular formula is C24H18N4O3. The summed E-state index contributed by atoms with van der Waals surface area (Å²) in [6.07, 6.45) is 6.55. The van der Waals surface area contributed by atoms with Crippen molar-refractivity contribution in [3.8, 4) is 22.4 Å². The van der Waals surface area contributed by atoms with Crippen LogP contribution in [0, 0.1) is 0 Å². The number of esters is 1. The van der Waals surface area contributed by atoms with Crippen LogP contribution in [0.4, 0.5) is 5.82 Å². The van der Waals surface area contributed by atoms with Crippen LogP contribution < -0.4 is 5.32 Å². The molecule has 152 valence electrons. The lowest BCUT2D eigenvalue weighted by Gasteiger charge is -2.10. The average Bonchev–Trinajstić information content (AvgIpc) is 2.84. The molecule has 0 aliphatic carbocycles. The Morgan fingerprint density at radius 2 is 1.52 bits per heavy atom. The van der Waals surface area contributed by atoms with Crippen molar-refractivity contribution in [1.29, 1.82) is 0 Å². The maximum atomic E-state index is 12.5. The van der Waals surface area contributed by atoms with Gasteiger partial charge in [-0.3, -0.25) is 14.8 Å². The van der Waals surface area contributed by atoms with E-state index in [1.54, 1.807) is 36.8 Å². The lowest BCUT2D eigenvalue weighted by Crippen LogP contribution is -2.14. The number of aromatic nitrogens is 3. The highest BCUT2D eigenvalue weighted by molar-refractivity contribution is 6.04. The van der Waals surface area contributed by atoms with Crippen LogP contribution in [0.2, 0.25) is 0 Å². The number of benzene rings is 1. The average molecular weight is 410 g/mol. The summed E-state index contributed by atoms with van der Waals surface area (Å²) in [6.45, 7) is 0. The minimum absolute atomic E-state index is 0.239. The van der Waals surface area contributed by atoms with Gasteiger partial charge in [0.2, 0.25) is 0 Å². The fraction of sp³-hybridized carbons (Fsp3) is 0.0417. The van der Waals surface area contributed by atoms with E-state index in [9.17, 15) is 9.59 Å².